The molecule has 2 heterocycles. The second-order valence-corrected chi connectivity index (χ2v) is 6.35. The first-order valence-corrected chi connectivity index (χ1v) is 8.69. The molecule has 1 aromatic carbocycles. The lowest BCUT2D eigenvalue weighted by molar-refractivity contribution is -0.132. The lowest BCUT2D eigenvalue weighted by Crippen LogP contribution is -2.39. The van der Waals surface area contributed by atoms with Crippen LogP contribution in [-0.2, 0) is 4.79 Å². The van der Waals surface area contributed by atoms with Gasteiger partial charge in [-0.25, -0.2) is 4.39 Å². The first-order chi connectivity index (χ1) is 12.2. The van der Waals surface area contributed by atoms with Crippen molar-refractivity contribution in [3.05, 3.63) is 36.0 Å². The first-order valence-electron chi connectivity index (χ1n) is 8.69. The molecule has 1 amide bonds. The van der Waals surface area contributed by atoms with E-state index < -0.39 is 0 Å². The fraction of sp³-hybridized carbons (Fsp3) is 0.500. The third-order valence-corrected chi connectivity index (χ3v) is 4.48. The van der Waals surface area contributed by atoms with E-state index in [-0.39, 0.29) is 30.0 Å². The van der Waals surface area contributed by atoms with Gasteiger partial charge in [0.1, 0.15) is 5.82 Å². The zero-order valence-corrected chi connectivity index (χ0v) is 15.6. The van der Waals surface area contributed by atoms with Gasteiger partial charge in [0.2, 0.25) is 17.6 Å². The molecule has 1 aromatic heterocycles. The van der Waals surface area contributed by atoms with Gasteiger partial charge in [0, 0.05) is 25.1 Å². The van der Waals surface area contributed by atoms with E-state index in [4.69, 9.17) is 4.52 Å². The predicted octanol–water partition coefficient (Wildman–Crippen LogP) is 3.00. The summed E-state index contributed by atoms with van der Waals surface area (Å²) in [6, 6.07) is 6.00. The summed E-state index contributed by atoms with van der Waals surface area (Å²) < 4.78 is 18.4. The van der Waals surface area contributed by atoms with Crippen LogP contribution in [0.5, 0.6) is 0 Å². The van der Waals surface area contributed by atoms with Gasteiger partial charge >= 0.3 is 0 Å². The van der Waals surface area contributed by atoms with Gasteiger partial charge in [-0.15, -0.1) is 12.4 Å². The number of benzene rings is 1. The van der Waals surface area contributed by atoms with Crippen molar-refractivity contribution in [3.63, 3.8) is 0 Å². The van der Waals surface area contributed by atoms with Crippen molar-refractivity contribution in [3.8, 4) is 11.4 Å². The van der Waals surface area contributed by atoms with Crippen molar-refractivity contribution in [1.82, 2.24) is 20.4 Å². The molecule has 2 aromatic rings. The second-order valence-electron chi connectivity index (χ2n) is 6.35. The van der Waals surface area contributed by atoms with Crippen molar-refractivity contribution >= 4 is 18.3 Å². The number of nitrogens with one attached hydrogen (secondary N) is 1. The minimum Gasteiger partial charge on any atom is -0.342 e. The number of carbonyl (C=O) groups is 1. The maximum Gasteiger partial charge on any atom is 0.231 e. The molecule has 1 N–H and O–H groups in total. The summed E-state index contributed by atoms with van der Waals surface area (Å²) in [5, 5.41) is 7.06. The number of piperidine rings is 1. The van der Waals surface area contributed by atoms with Gasteiger partial charge in [-0.05, 0) is 57.1 Å². The second kappa shape index (κ2) is 9.64. The van der Waals surface area contributed by atoms with Gasteiger partial charge in [0.15, 0.2) is 0 Å². The predicted molar refractivity (Wildman–Crippen MR) is 98.7 cm³/mol. The number of hydrogen-bond donors (Lipinski definition) is 1. The molecule has 8 heteroatoms. The third-order valence-electron chi connectivity index (χ3n) is 4.48. The summed E-state index contributed by atoms with van der Waals surface area (Å²) in [5.41, 5.74) is 0.715. The van der Waals surface area contributed by atoms with Crippen LogP contribution >= 0.6 is 12.4 Å². The number of hydrogen-bond acceptors (Lipinski definition) is 5. The van der Waals surface area contributed by atoms with Gasteiger partial charge in [-0.2, -0.15) is 4.98 Å². The molecule has 0 bridgehead atoms. The van der Waals surface area contributed by atoms with Crippen LogP contribution in [0.3, 0.4) is 0 Å². The number of rotatable bonds is 6. The monoisotopic (exact) mass is 382 g/mol. The standard InChI is InChI=1S/C18H23FN4O2.ClH/c1-20-10-2-5-16(24)23-11-3-4-14(12-23)18-21-17(22-25-18)13-6-8-15(19)9-7-13;/h6-9,14,20H,2-5,10-12H2,1H3;1H. The molecule has 1 aliphatic rings. The molecule has 0 radical (unpaired) electrons. The maximum absolute atomic E-state index is 13.0. The lowest BCUT2D eigenvalue weighted by Gasteiger charge is -2.31. The van der Waals surface area contributed by atoms with Gasteiger partial charge in [0.25, 0.3) is 0 Å². The summed E-state index contributed by atoms with van der Waals surface area (Å²) in [6.45, 7) is 2.24. The Balaban J connectivity index is 0.00000243. The Hall–Kier alpha value is -1.99. The molecule has 142 valence electrons. The largest absolute Gasteiger partial charge is 0.342 e. The molecule has 0 spiro atoms. The SMILES string of the molecule is CNCCCC(=O)N1CCCC(c2nc(-c3ccc(F)cc3)no2)C1.Cl. The third kappa shape index (κ3) is 5.02. The van der Waals surface area contributed by atoms with Crippen LogP contribution in [0.25, 0.3) is 11.4 Å². The van der Waals surface area contributed by atoms with Crippen LogP contribution in [0.2, 0.25) is 0 Å². The molecular formula is C18H24ClFN4O2. The number of aromatic nitrogens is 2. The van der Waals surface area contributed by atoms with E-state index in [0.29, 0.717) is 30.2 Å². The Morgan fingerprint density at radius 1 is 1.38 bits per heavy atom. The van der Waals surface area contributed by atoms with Crippen molar-refractivity contribution in [2.24, 2.45) is 0 Å². The van der Waals surface area contributed by atoms with E-state index in [1.165, 1.54) is 12.1 Å². The quantitative estimate of drug-likeness (QED) is 0.777. The summed E-state index contributed by atoms with van der Waals surface area (Å²) in [6.07, 6.45) is 3.24. The Morgan fingerprint density at radius 2 is 2.15 bits per heavy atom. The lowest BCUT2D eigenvalue weighted by atomic mass is 9.97. The average molecular weight is 383 g/mol. The van der Waals surface area contributed by atoms with Crippen molar-refractivity contribution in [1.29, 1.82) is 0 Å². The number of likely N-dealkylation sites (tertiary alicyclic amines) is 1. The van der Waals surface area contributed by atoms with Crippen LogP contribution < -0.4 is 5.32 Å². The van der Waals surface area contributed by atoms with Gasteiger partial charge in [-0.3, -0.25) is 4.79 Å². The first kappa shape index (κ1) is 20.3. The van der Waals surface area contributed by atoms with Gasteiger partial charge in [-0.1, -0.05) is 5.16 Å². The zero-order valence-electron chi connectivity index (χ0n) is 14.8. The molecular weight excluding hydrogens is 359 g/mol. The van der Waals surface area contributed by atoms with Crippen molar-refractivity contribution < 1.29 is 13.7 Å². The maximum atomic E-state index is 13.0. The molecule has 26 heavy (non-hydrogen) atoms. The van der Waals surface area contributed by atoms with Crippen molar-refractivity contribution in [2.45, 2.75) is 31.6 Å². The molecule has 1 atom stereocenters. The number of halogens is 2. The van der Waals surface area contributed by atoms with Crippen LogP contribution in [0.4, 0.5) is 4.39 Å². The summed E-state index contributed by atoms with van der Waals surface area (Å²) in [5.74, 6) is 0.939. The number of amides is 1. The van der Waals surface area contributed by atoms with Gasteiger partial charge in [0.05, 0.1) is 5.92 Å². The number of nitrogens with zero attached hydrogens (tertiary/aromatic N) is 3. The fourth-order valence-electron chi connectivity index (χ4n) is 3.10. The minimum atomic E-state index is -0.299. The molecule has 1 aliphatic heterocycles. The van der Waals surface area contributed by atoms with E-state index in [9.17, 15) is 9.18 Å². The molecule has 1 saturated heterocycles. The smallest absolute Gasteiger partial charge is 0.231 e. The Morgan fingerprint density at radius 3 is 2.88 bits per heavy atom. The van der Waals surface area contributed by atoms with E-state index in [1.807, 2.05) is 11.9 Å². The van der Waals surface area contributed by atoms with E-state index in [2.05, 4.69) is 15.5 Å². The minimum absolute atomic E-state index is 0. The molecule has 3 rings (SSSR count). The molecule has 1 fully saturated rings. The van der Waals surface area contributed by atoms with Crippen molar-refractivity contribution in [2.75, 3.05) is 26.7 Å². The highest BCUT2D eigenvalue weighted by Gasteiger charge is 2.28. The van der Waals surface area contributed by atoms with E-state index >= 15 is 0 Å². The van der Waals surface area contributed by atoms with Crippen LogP contribution in [0.15, 0.2) is 28.8 Å². The zero-order chi connectivity index (χ0) is 17.6. The van der Waals surface area contributed by atoms with Crippen LogP contribution in [0.1, 0.15) is 37.5 Å². The average Bonchev–Trinajstić information content (AvgIpc) is 3.13. The molecule has 6 nitrogen and oxygen atoms in total. The molecule has 1 unspecified atom stereocenters. The van der Waals surface area contributed by atoms with Crippen LogP contribution in [0, 0.1) is 5.82 Å². The molecule has 0 saturated carbocycles. The summed E-state index contributed by atoms with van der Waals surface area (Å²) in [7, 11) is 1.88. The Bertz CT molecular complexity index is 707. The van der Waals surface area contributed by atoms with E-state index in [0.717, 1.165) is 32.4 Å². The van der Waals surface area contributed by atoms with Gasteiger partial charge < -0.3 is 14.7 Å². The van der Waals surface area contributed by atoms with Crippen LogP contribution in [-0.4, -0.2) is 47.6 Å². The fourth-order valence-corrected chi connectivity index (χ4v) is 3.10. The Labute approximate surface area is 158 Å². The normalized spacial score (nSPS) is 17.0. The Kier molecular flexibility index (Phi) is 7.53. The summed E-state index contributed by atoms with van der Waals surface area (Å²) >= 11 is 0. The summed E-state index contributed by atoms with van der Waals surface area (Å²) in [4.78, 5) is 18.7. The highest BCUT2D eigenvalue weighted by Crippen LogP contribution is 2.28. The number of carbonyl (C=O) groups excluding carboxylic acids is 1. The molecule has 0 aliphatic carbocycles. The topological polar surface area (TPSA) is 71.3 Å². The highest BCUT2D eigenvalue weighted by atomic mass is 35.5. The van der Waals surface area contributed by atoms with E-state index in [1.54, 1.807) is 12.1 Å². The highest BCUT2D eigenvalue weighted by molar-refractivity contribution is 5.85.